The van der Waals surface area contributed by atoms with E-state index in [2.05, 4.69) is 124 Å². The van der Waals surface area contributed by atoms with E-state index in [1.54, 1.807) is 0 Å². The summed E-state index contributed by atoms with van der Waals surface area (Å²) < 4.78 is 11.2. The second kappa shape index (κ2) is 11.6. The van der Waals surface area contributed by atoms with Gasteiger partial charge in [0, 0.05) is 6.61 Å². The van der Waals surface area contributed by atoms with Crippen LogP contribution in [0.25, 0.3) is 0 Å². The molecular formula is C35H54O2. The summed E-state index contributed by atoms with van der Waals surface area (Å²) in [6.07, 6.45) is 3.77. The van der Waals surface area contributed by atoms with E-state index >= 15 is 0 Å². The zero-order chi connectivity index (χ0) is 27.5. The van der Waals surface area contributed by atoms with Crippen molar-refractivity contribution in [1.82, 2.24) is 0 Å². The minimum Gasteiger partial charge on any atom is -0.377 e. The molecule has 3 atom stereocenters. The normalized spacial score (nSPS) is 18.5. The van der Waals surface area contributed by atoms with Gasteiger partial charge in [0.2, 0.25) is 0 Å². The Hall–Kier alpha value is -1.64. The van der Waals surface area contributed by atoms with Crippen LogP contribution in [-0.2, 0) is 16.1 Å². The third kappa shape index (κ3) is 8.42. The highest BCUT2D eigenvalue weighted by atomic mass is 16.6. The molecule has 0 aliphatic carbocycles. The van der Waals surface area contributed by atoms with E-state index in [1.807, 2.05) is 0 Å². The van der Waals surface area contributed by atoms with E-state index in [0.717, 1.165) is 26.1 Å². The second-order valence-corrected chi connectivity index (χ2v) is 15.0. The molecule has 3 unspecified atom stereocenters. The van der Waals surface area contributed by atoms with Gasteiger partial charge in [-0.2, -0.15) is 0 Å². The third-order valence-corrected chi connectivity index (χ3v) is 9.03. The highest BCUT2D eigenvalue weighted by Gasteiger charge is 2.47. The van der Waals surface area contributed by atoms with E-state index in [1.165, 1.54) is 23.1 Å². The molecule has 0 spiro atoms. The minimum absolute atomic E-state index is 0.115. The maximum atomic E-state index is 5.89. The number of rotatable bonds is 12. The summed E-state index contributed by atoms with van der Waals surface area (Å²) in [6, 6.07) is 20.5. The molecule has 1 aliphatic rings. The molecule has 2 aromatic carbocycles. The van der Waals surface area contributed by atoms with E-state index in [-0.39, 0.29) is 21.7 Å². The Morgan fingerprint density at radius 3 is 1.84 bits per heavy atom. The van der Waals surface area contributed by atoms with E-state index in [9.17, 15) is 0 Å². The molecule has 1 fully saturated rings. The van der Waals surface area contributed by atoms with E-state index in [4.69, 9.17) is 9.47 Å². The van der Waals surface area contributed by atoms with Crippen molar-refractivity contribution in [3.63, 3.8) is 0 Å². The molecule has 2 nitrogen and oxygen atoms in total. The van der Waals surface area contributed by atoms with Gasteiger partial charge < -0.3 is 9.47 Å². The zero-order valence-corrected chi connectivity index (χ0v) is 25.5. The summed E-state index contributed by atoms with van der Waals surface area (Å²) in [6.45, 7) is 26.8. The summed E-state index contributed by atoms with van der Waals surface area (Å²) >= 11 is 0. The quantitative estimate of drug-likeness (QED) is 0.211. The summed E-state index contributed by atoms with van der Waals surface area (Å²) in [7, 11) is 0. The van der Waals surface area contributed by atoms with Crippen LogP contribution < -0.4 is 0 Å². The average molecular weight is 507 g/mol. The molecule has 0 saturated carbocycles. The summed E-state index contributed by atoms with van der Waals surface area (Å²) in [5.41, 5.74) is 4.84. The van der Waals surface area contributed by atoms with Gasteiger partial charge in [0.1, 0.15) is 0 Å². The standard InChI is InChI=1S/C35H54O2/c1-32(2,3)22-31(27-14-12-11-13-15-27)35(9,10)34(7,8)23-30(33(4,5)6)28-18-16-26(17-19-28)24-36-21-20-29-25-37-29/h11-19,29-31H,20-25H2,1-10H3. The van der Waals surface area contributed by atoms with Crippen LogP contribution in [0.5, 0.6) is 0 Å². The van der Waals surface area contributed by atoms with Crippen molar-refractivity contribution in [3.05, 3.63) is 71.3 Å². The lowest BCUT2D eigenvalue weighted by atomic mass is 9.53. The molecule has 2 heteroatoms. The zero-order valence-electron chi connectivity index (χ0n) is 25.5. The van der Waals surface area contributed by atoms with Crippen molar-refractivity contribution in [2.45, 2.75) is 113 Å². The van der Waals surface area contributed by atoms with Crippen LogP contribution in [0.1, 0.15) is 117 Å². The van der Waals surface area contributed by atoms with Crippen molar-refractivity contribution in [1.29, 1.82) is 0 Å². The SMILES string of the molecule is CC(C)(C)CC(c1ccccc1)C(C)(C)C(C)(C)CC(c1ccc(COCCC2CO2)cc1)C(C)(C)C. The Morgan fingerprint density at radius 2 is 1.32 bits per heavy atom. The molecule has 0 aromatic heterocycles. The molecule has 1 aliphatic heterocycles. The van der Waals surface area contributed by atoms with Crippen LogP contribution in [0.4, 0.5) is 0 Å². The molecule has 1 heterocycles. The van der Waals surface area contributed by atoms with Crippen LogP contribution in [-0.4, -0.2) is 19.3 Å². The van der Waals surface area contributed by atoms with Gasteiger partial charge in [0.05, 0.1) is 19.3 Å². The summed E-state index contributed by atoms with van der Waals surface area (Å²) in [5.74, 6) is 0.958. The molecule has 1 saturated heterocycles. The number of ether oxygens (including phenoxy) is 2. The Kier molecular flexibility index (Phi) is 9.39. The number of benzene rings is 2. The lowest BCUT2D eigenvalue weighted by molar-refractivity contribution is 0.0305. The third-order valence-electron chi connectivity index (χ3n) is 9.03. The molecule has 3 rings (SSSR count). The van der Waals surface area contributed by atoms with Gasteiger partial charge in [-0.3, -0.25) is 0 Å². The highest BCUT2D eigenvalue weighted by molar-refractivity contribution is 5.28. The molecule has 206 valence electrons. The molecule has 2 aromatic rings. The predicted molar refractivity (Wildman–Crippen MR) is 158 cm³/mol. The van der Waals surface area contributed by atoms with Gasteiger partial charge in [-0.05, 0) is 69.4 Å². The molecule has 0 bridgehead atoms. The lowest BCUT2D eigenvalue weighted by Crippen LogP contribution is -2.41. The van der Waals surface area contributed by atoms with Crippen molar-refractivity contribution in [3.8, 4) is 0 Å². The number of hydrogen-bond donors (Lipinski definition) is 0. The van der Waals surface area contributed by atoms with Crippen LogP contribution in [0, 0.1) is 21.7 Å². The summed E-state index contributed by atoms with van der Waals surface area (Å²) in [5, 5.41) is 0. The van der Waals surface area contributed by atoms with E-state index < -0.39 is 0 Å². The first-order valence-corrected chi connectivity index (χ1v) is 14.4. The lowest BCUT2D eigenvalue weighted by Gasteiger charge is -2.51. The fourth-order valence-corrected chi connectivity index (χ4v) is 5.74. The van der Waals surface area contributed by atoms with Gasteiger partial charge >= 0.3 is 0 Å². The first-order valence-electron chi connectivity index (χ1n) is 14.4. The van der Waals surface area contributed by atoms with Gasteiger partial charge in [-0.1, -0.05) is 124 Å². The van der Waals surface area contributed by atoms with Crippen LogP contribution in [0.3, 0.4) is 0 Å². The Balaban J connectivity index is 1.81. The largest absolute Gasteiger partial charge is 0.377 e. The molecular weight excluding hydrogens is 452 g/mol. The smallest absolute Gasteiger partial charge is 0.0831 e. The number of hydrogen-bond acceptors (Lipinski definition) is 2. The van der Waals surface area contributed by atoms with Crippen molar-refractivity contribution >= 4 is 0 Å². The fourth-order valence-electron chi connectivity index (χ4n) is 5.74. The maximum absolute atomic E-state index is 5.89. The molecule has 0 radical (unpaired) electrons. The van der Waals surface area contributed by atoms with Crippen molar-refractivity contribution in [2.24, 2.45) is 21.7 Å². The average Bonchev–Trinajstić information content (AvgIpc) is 3.63. The molecule has 0 N–H and O–H groups in total. The number of epoxide rings is 1. The summed E-state index contributed by atoms with van der Waals surface area (Å²) in [4.78, 5) is 0. The Bertz CT molecular complexity index is 953. The monoisotopic (exact) mass is 506 g/mol. The Morgan fingerprint density at radius 1 is 0.757 bits per heavy atom. The van der Waals surface area contributed by atoms with Crippen LogP contribution >= 0.6 is 0 Å². The topological polar surface area (TPSA) is 21.8 Å². The van der Waals surface area contributed by atoms with Crippen LogP contribution in [0.2, 0.25) is 0 Å². The Labute approximate surface area is 228 Å². The maximum Gasteiger partial charge on any atom is 0.0831 e. The van der Waals surface area contributed by atoms with Gasteiger partial charge in [-0.15, -0.1) is 0 Å². The van der Waals surface area contributed by atoms with E-state index in [0.29, 0.717) is 24.5 Å². The predicted octanol–water partition coefficient (Wildman–Crippen LogP) is 9.78. The van der Waals surface area contributed by atoms with Gasteiger partial charge in [0.25, 0.3) is 0 Å². The van der Waals surface area contributed by atoms with Gasteiger partial charge in [0.15, 0.2) is 0 Å². The second-order valence-electron chi connectivity index (χ2n) is 15.0. The van der Waals surface area contributed by atoms with Crippen molar-refractivity contribution < 1.29 is 9.47 Å². The minimum atomic E-state index is 0.115. The van der Waals surface area contributed by atoms with Crippen LogP contribution in [0.15, 0.2) is 54.6 Å². The molecule has 0 amide bonds. The molecule has 37 heavy (non-hydrogen) atoms. The first-order chi connectivity index (χ1) is 17.1. The highest BCUT2D eigenvalue weighted by Crippen LogP contribution is 2.57. The van der Waals surface area contributed by atoms with Gasteiger partial charge in [-0.25, -0.2) is 0 Å². The first kappa shape index (κ1) is 29.9. The fraction of sp³-hybridized carbons (Fsp3) is 0.657. The van der Waals surface area contributed by atoms with Crippen molar-refractivity contribution in [2.75, 3.05) is 13.2 Å².